The Balaban J connectivity index is 1.77. The Hall–Kier alpha value is -3.32. The third-order valence-corrected chi connectivity index (χ3v) is 4.00. The van der Waals surface area contributed by atoms with E-state index in [-0.39, 0.29) is 12.2 Å². The van der Waals surface area contributed by atoms with E-state index < -0.39 is 5.60 Å². The molecule has 1 heterocycles. The van der Waals surface area contributed by atoms with E-state index in [1.807, 2.05) is 30.3 Å². The quantitative estimate of drug-likeness (QED) is 0.630. The van der Waals surface area contributed by atoms with Crippen LogP contribution in [0.1, 0.15) is 19.4 Å². The molecular formula is C22H24N2O5. The lowest BCUT2D eigenvalue weighted by molar-refractivity contribution is 0.0276. The van der Waals surface area contributed by atoms with Crippen LogP contribution in [0.25, 0.3) is 5.69 Å². The van der Waals surface area contributed by atoms with Gasteiger partial charge in [-0.3, -0.25) is 4.79 Å². The van der Waals surface area contributed by atoms with Gasteiger partial charge in [0.15, 0.2) is 11.5 Å². The minimum atomic E-state index is -0.974. The van der Waals surface area contributed by atoms with E-state index in [1.54, 1.807) is 32.0 Å². The third-order valence-electron chi connectivity index (χ3n) is 4.00. The van der Waals surface area contributed by atoms with Crippen LogP contribution < -0.4 is 19.8 Å². The molecule has 0 bridgehead atoms. The maximum Gasteiger partial charge on any atom is 0.275 e. The van der Waals surface area contributed by atoms with Crippen LogP contribution in [0.15, 0.2) is 65.6 Å². The van der Waals surface area contributed by atoms with Crippen LogP contribution in [0.2, 0.25) is 0 Å². The molecule has 0 aliphatic carbocycles. The molecule has 3 aromatic rings. The number of benzene rings is 2. The monoisotopic (exact) mass is 396 g/mol. The van der Waals surface area contributed by atoms with Gasteiger partial charge in [0.25, 0.3) is 5.56 Å². The summed E-state index contributed by atoms with van der Waals surface area (Å²) in [4.78, 5) is 12.5. The summed E-state index contributed by atoms with van der Waals surface area (Å²) in [7, 11) is 1.51. The van der Waals surface area contributed by atoms with Gasteiger partial charge in [0.05, 0.1) is 24.6 Å². The maximum atomic E-state index is 12.5. The van der Waals surface area contributed by atoms with Crippen molar-refractivity contribution in [3.63, 3.8) is 0 Å². The molecular weight excluding hydrogens is 372 g/mol. The van der Waals surface area contributed by atoms with Crippen molar-refractivity contribution in [2.75, 3.05) is 13.7 Å². The van der Waals surface area contributed by atoms with Crippen molar-refractivity contribution in [3.05, 3.63) is 76.7 Å². The first kappa shape index (κ1) is 20.4. The molecule has 7 heteroatoms. The highest BCUT2D eigenvalue weighted by atomic mass is 16.5. The smallest absolute Gasteiger partial charge is 0.275 e. The van der Waals surface area contributed by atoms with E-state index in [0.29, 0.717) is 29.5 Å². The molecule has 2 aromatic carbocycles. The molecule has 0 unspecified atom stereocenters. The number of hydrogen-bond donors (Lipinski definition) is 1. The van der Waals surface area contributed by atoms with Crippen molar-refractivity contribution in [2.45, 2.75) is 26.1 Å². The fourth-order valence-corrected chi connectivity index (χ4v) is 2.57. The van der Waals surface area contributed by atoms with E-state index in [4.69, 9.17) is 14.2 Å². The van der Waals surface area contributed by atoms with Crippen LogP contribution in [-0.2, 0) is 6.61 Å². The Kier molecular flexibility index (Phi) is 6.19. The first-order chi connectivity index (χ1) is 13.9. The van der Waals surface area contributed by atoms with Crippen LogP contribution in [-0.4, -0.2) is 34.2 Å². The van der Waals surface area contributed by atoms with Crippen LogP contribution in [0.4, 0.5) is 0 Å². The van der Waals surface area contributed by atoms with Gasteiger partial charge < -0.3 is 19.3 Å². The average Bonchev–Trinajstić information content (AvgIpc) is 2.71. The second-order valence-electron chi connectivity index (χ2n) is 7.15. The minimum absolute atomic E-state index is 0.106. The zero-order valence-corrected chi connectivity index (χ0v) is 16.7. The van der Waals surface area contributed by atoms with Crippen molar-refractivity contribution in [2.24, 2.45) is 0 Å². The normalized spacial score (nSPS) is 11.2. The van der Waals surface area contributed by atoms with E-state index in [0.717, 1.165) is 5.56 Å². The van der Waals surface area contributed by atoms with Gasteiger partial charge in [-0.2, -0.15) is 9.78 Å². The fourth-order valence-electron chi connectivity index (χ4n) is 2.57. The summed E-state index contributed by atoms with van der Waals surface area (Å²) in [6.45, 7) is 3.76. The molecule has 0 aliphatic heterocycles. The van der Waals surface area contributed by atoms with Gasteiger partial charge in [-0.1, -0.05) is 30.3 Å². The van der Waals surface area contributed by atoms with Crippen molar-refractivity contribution in [3.8, 4) is 22.9 Å². The third kappa shape index (κ3) is 5.58. The van der Waals surface area contributed by atoms with Crippen LogP contribution in [0.3, 0.4) is 0 Å². The largest absolute Gasteiger partial charge is 0.493 e. The van der Waals surface area contributed by atoms with Gasteiger partial charge in [0.1, 0.15) is 19.0 Å². The highest BCUT2D eigenvalue weighted by Gasteiger charge is 2.16. The molecule has 0 amide bonds. The van der Waals surface area contributed by atoms with Gasteiger partial charge in [0.2, 0.25) is 0 Å². The Morgan fingerprint density at radius 2 is 1.79 bits per heavy atom. The molecule has 0 atom stereocenters. The Morgan fingerprint density at radius 1 is 1.03 bits per heavy atom. The van der Waals surface area contributed by atoms with Gasteiger partial charge in [-0.05, 0) is 31.5 Å². The number of aromatic nitrogens is 2. The average molecular weight is 396 g/mol. The fraction of sp³-hybridized carbons (Fsp3) is 0.273. The van der Waals surface area contributed by atoms with Gasteiger partial charge in [-0.25, -0.2) is 0 Å². The second kappa shape index (κ2) is 8.79. The number of aliphatic hydroxyl groups is 1. The van der Waals surface area contributed by atoms with E-state index >= 15 is 0 Å². The van der Waals surface area contributed by atoms with E-state index in [1.165, 1.54) is 24.1 Å². The zero-order valence-electron chi connectivity index (χ0n) is 16.7. The van der Waals surface area contributed by atoms with Gasteiger partial charge in [-0.15, -0.1) is 0 Å². The SMILES string of the molecule is COc1cc(-n2ncc(OCc3ccccc3)cc2=O)ccc1OCC(C)(C)O. The number of rotatable bonds is 8. The van der Waals surface area contributed by atoms with Crippen LogP contribution in [0.5, 0.6) is 17.2 Å². The molecule has 0 fully saturated rings. The predicted molar refractivity (Wildman–Crippen MR) is 109 cm³/mol. The summed E-state index contributed by atoms with van der Waals surface area (Å²) in [5, 5.41) is 14.0. The summed E-state index contributed by atoms with van der Waals surface area (Å²) >= 11 is 0. The lowest BCUT2D eigenvalue weighted by atomic mass is 10.2. The molecule has 1 aromatic heterocycles. The summed E-state index contributed by atoms with van der Waals surface area (Å²) in [6, 6.07) is 16.1. The Labute approximate surface area is 169 Å². The molecule has 1 N–H and O–H groups in total. The molecule has 0 spiro atoms. The first-order valence-electron chi connectivity index (χ1n) is 9.15. The number of methoxy groups -OCH3 is 1. The van der Waals surface area contributed by atoms with Crippen molar-refractivity contribution in [1.29, 1.82) is 0 Å². The number of ether oxygens (including phenoxy) is 3. The number of hydrogen-bond acceptors (Lipinski definition) is 6. The Morgan fingerprint density at radius 3 is 2.45 bits per heavy atom. The van der Waals surface area contributed by atoms with E-state index in [2.05, 4.69) is 5.10 Å². The predicted octanol–water partition coefficient (Wildman–Crippen LogP) is 2.97. The molecule has 0 radical (unpaired) electrons. The van der Waals surface area contributed by atoms with Gasteiger partial charge in [0, 0.05) is 12.1 Å². The van der Waals surface area contributed by atoms with Crippen LogP contribution >= 0.6 is 0 Å². The van der Waals surface area contributed by atoms with Crippen molar-refractivity contribution >= 4 is 0 Å². The molecule has 0 aliphatic rings. The topological polar surface area (TPSA) is 82.8 Å². The minimum Gasteiger partial charge on any atom is -0.493 e. The summed E-state index contributed by atoms with van der Waals surface area (Å²) in [5.41, 5.74) is 0.223. The Bertz CT molecular complexity index is 1010. The molecule has 7 nitrogen and oxygen atoms in total. The highest BCUT2D eigenvalue weighted by molar-refractivity contribution is 5.48. The van der Waals surface area contributed by atoms with Gasteiger partial charge >= 0.3 is 0 Å². The molecule has 29 heavy (non-hydrogen) atoms. The van der Waals surface area contributed by atoms with Crippen molar-refractivity contribution in [1.82, 2.24) is 9.78 Å². The van der Waals surface area contributed by atoms with Crippen LogP contribution in [0, 0.1) is 0 Å². The number of nitrogens with zero attached hydrogens (tertiary/aromatic N) is 2. The summed E-state index contributed by atoms with van der Waals surface area (Å²) in [6.07, 6.45) is 1.50. The zero-order chi connectivity index (χ0) is 20.9. The molecule has 152 valence electrons. The first-order valence-corrected chi connectivity index (χ1v) is 9.15. The summed E-state index contributed by atoms with van der Waals surface area (Å²) in [5.74, 6) is 1.30. The highest BCUT2D eigenvalue weighted by Crippen LogP contribution is 2.29. The molecule has 0 saturated carbocycles. The van der Waals surface area contributed by atoms with E-state index in [9.17, 15) is 9.90 Å². The standard InChI is InChI=1S/C22H24N2O5/c1-22(2,26)15-29-19-10-9-17(11-20(19)27-3)24-21(25)12-18(13-23-24)28-14-16-7-5-4-6-8-16/h4-13,26H,14-15H2,1-3H3. The second-order valence-corrected chi connectivity index (χ2v) is 7.15. The maximum absolute atomic E-state index is 12.5. The lowest BCUT2D eigenvalue weighted by Gasteiger charge is -2.19. The lowest BCUT2D eigenvalue weighted by Crippen LogP contribution is -2.28. The van der Waals surface area contributed by atoms with Crippen molar-refractivity contribution < 1.29 is 19.3 Å². The molecule has 0 saturated heterocycles. The molecule has 3 rings (SSSR count). The summed E-state index contributed by atoms with van der Waals surface area (Å²) < 4.78 is 17.8.